The van der Waals surface area contributed by atoms with Crippen LogP contribution in [0.25, 0.3) is 5.57 Å². The number of hydrogen-bond acceptors (Lipinski definition) is 1. The lowest BCUT2D eigenvalue weighted by Crippen LogP contribution is -2.30. The highest BCUT2D eigenvalue weighted by molar-refractivity contribution is 5.65. The SMILES string of the molecule is Fc1ccc(/C(=C\CCc2ccccc2)CCCN2CCCCC2)cc1. The summed E-state index contributed by atoms with van der Waals surface area (Å²) in [6, 6.07) is 17.6. The number of likely N-dealkylation sites (tertiary alicyclic amines) is 1. The summed E-state index contributed by atoms with van der Waals surface area (Å²) < 4.78 is 13.3. The zero-order valence-electron chi connectivity index (χ0n) is 15.7. The molecule has 1 nitrogen and oxygen atoms in total. The van der Waals surface area contributed by atoms with Gasteiger partial charge in [-0.15, -0.1) is 0 Å². The topological polar surface area (TPSA) is 3.24 Å². The van der Waals surface area contributed by atoms with E-state index in [1.54, 1.807) is 12.1 Å². The quantitative estimate of drug-likeness (QED) is 0.555. The van der Waals surface area contributed by atoms with Crippen LogP contribution in [0.5, 0.6) is 0 Å². The molecule has 0 saturated carbocycles. The largest absolute Gasteiger partial charge is 0.303 e. The van der Waals surface area contributed by atoms with Crippen molar-refractivity contribution in [1.29, 1.82) is 0 Å². The van der Waals surface area contributed by atoms with Crippen LogP contribution in [0.3, 0.4) is 0 Å². The van der Waals surface area contributed by atoms with Gasteiger partial charge in [-0.2, -0.15) is 0 Å². The van der Waals surface area contributed by atoms with E-state index in [-0.39, 0.29) is 5.82 Å². The maximum atomic E-state index is 13.3. The number of halogens is 1. The average Bonchev–Trinajstić information content (AvgIpc) is 2.69. The standard InChI is InChI=1S/C24H30FN/c25-24-16-14-23(15-17-24)22(12-7-11-21-9-3-1-4-10-21)13-8-20-26-18-5-2-6-19-26/h1,3-4,9-10,12,14-17H,2,5-8,11,13,18-20H2/b22-12-. The van der Waals surface area contributed by atoms with E-state index in [4.69, 9.17) is 0 Å². The van der Waals surface area contributed by atoms with Crippen LogP contribution in [0, 0.1) is 5.82 Å². The van der Waals surface area contributed by atoms with Gasteiger partial charge in [0.1, 0.15) is 5.82 Å². The molecule has 1 aliphatic rings. The summed E-state index contributed by atoms with van der Waals surface area (Å²) in [7, 11) is 0. The molecule has 1 saturated heterocycles. The molecule has 0 atom stereocenters. The lowest BCUT2D eigenvalue weighted by atomic mass is 9.98. The highest BCUT2D eigenvalue weighted by atomic mass is 19.1. The van der Waals surface area contributed by atoms with Crippen molar-refractivity contribution in [3.8, 4) is 0 Å². The first-order valence-corrected chi connectivity index (χ1v) is 10.0. The van der Waals surface area contributed by atoms with E-state index in [0.29, 0.717) is 0 Å². The molecule has 1 fully saturated rings. The van der Waals surface area contributed by atoms with Gasteiger partial charge >= 0.3 is 0 Å². The van der Waals surface area contributed by atoms with Gasteiger partial charge in [0.25, 0.3) is 0 Å². The van der Waals surface area contributed by atoms with Gasteiger partial charge in [0.2, 0.25) is 0 Å². The van der Waals surface area contributed by atoms with Crippen molar-refractivity contribution in [3.63, 3.8) is 0 Å². The molecule has 0 N–H and O–H groups in total. The lowest BCUT2D eigenvalue weighted by Gasteiger charge is -2.26. The zero-order chi connectivity index (χ0) is 18.0. The predicted octanol–water partition coefficient (Wildman–Crippen LogP) is 6.11. The van der Waals surface area contributed by atoms with E-state index in [1.807, 2.05) is 12.1 Å². The molecular formula is C24H30FN. The Bertz CT molecular complexity index is 669. The normalized spacial score (nSPS) is 16.0. The molecule has 0 aliphatic carbocycles. The van der Waals surface area contributed by atoms with E-state index in [9.17, 15) is 4.39 Å². The first-order chi connectivity index (χ1) is 12.8. The molecule has 0 bridgehead atoms. The Kier molecular flexibility index (Phi) is 7.45. The smallest absolute Gasteiger partial charge is 0.123 e. The summed E-state index contributed by atoms with van der Waals surface area (Å²) in [5.74, 6) is -0.161. The van der Waals surface area contributed by atoms with Gasteiger partial charge in [0, 0.05) is 0 Å². The summed E-state index contributed by atoms with van der Waals surface area (Å²) in [6.45, 7) is 3.68. The minimum absolute atomic E-state index is 0.161. The molecule has 138 valence electrons. The van der Waals surface area contributed by atoms with Crippen LogP contribution < -0.4 is 0 Å². The maximum Gasteiger partial charge on any atom is 0.123 e. The van der Waals surface area contributed by atoms with Crippen LogP contribution in [0.1, 0.15) is 49.7 Å². The van der Waals surface area contributed by atoms with Crippen LogP contribution in [0.2, 0.25) is 0 Å². The minimum Gasteiger partial charge on any atom is -0.303 e. The molecule has 2 aromatic rings. The fraction of sp³-hybridized carbons (Fsp3) is 0.417. The molecule has 0 amide bonds. The molecule has 2 aromatic carbocycles. The summed E-state index contributed by atoms with van der Waals surface area (Å²) in [6.07, 6.45) is 10.8. The molecule has 0 unspecified atom stereocenters. The maximum absolute atomic E-state index is 13.3. The van der Waals surface area contributed by atoms with Gasteiger partial charge in [0.05, 0.1) is 0 Å². The number of rotatable bonds is 8. The van der Waals surface area contributed by atoms with Gasteiger partial charge in [-0.1, -0.05) is 55.0 Å². The lowest BCUT2D eigenvalue weighted by molar-refractivity contribution is 0.227. The van der Waals surface area contributed by atoms with E-state index >= 15 is 0 Å². The monoisotopic (exact) mass is 351 g/mol. The van der Waals surface area contributed by atoms with E-state index in [1.165, 1.54) is 56.5 Å². The summed E-state index contributed by atoms with van der Waals surface area (Å²) in [5, 5.41) is 0. The predicted molar refractivity (Wildman–Crippen MR) is 109 cm³/mol. The molecule has 0 aromatic heterocycles. The Morgan fingerprint density at radius 2 is 1.65 bits per heavy atom. The van der Waals surface area contributed by atoms with Gasteiger partial charge in [-0.25, -0.2) is 4.39 Å². The van der Waals surface area contributed by atoms with Gasteiger partial charge in [0.15, 0.2) is 0 Å². The Morgan fingerprint density at radius 1 is 0.923 bits per heavy atom. The molecule has 2 heteroatoms. The number of nitrogens with zero attached hydrogens (tertiary/aromatic N) is 1. The van der Waals surface area contributed by atoms with E-state index in [0.717, 1.165) is 24.8 Å². The Balaban J connectivity index is 1.59. The second kappa shape index (κ2) is 10.3. The van der Waals surface area contributed by atoms with Crippen molar-refractivity contribution >= 4 is 5.57 Å². The van der Waals surface area contributed by atoms with Gasteiger partial charge in [-0.3, -0.25) is 0 Å². The number of benzene rings is 2. The third kappa shape index (κ3) is 6.10. The molecular weight excluding hydrogens is 321 g/mol. The van der Waals surface area contributed by atoms with E-state index in [2.05, 4.69) is 41.3 Å². The average molecular weight is 352 g/mol. The third-order valence-electron chi connectivity index (χ3n) is 5.25. The summed E-state index contributed by atoms with van der Waals surface area (Å²) >= 11 is 0. The first kappa shape index (κ1) is 18.8. The van der Waals surface area contributed by atoms with Crippen molar-refractivity contribution in [3.05, 3.63) is 77.6 Å². The van der Waals surface area contributed by atoms with Crippen molar-refractivity contribution < 1.29 is 4.39 Å². The Labute approximate surface area is 157 Å². The second-order valence-electron chi connectivity index (χ2n) is 7.27. The Morgan fingerprint density at radius 3 is 2.38 bits per heavy atom. The zero-order valence-corrected chi connectivity index (χ0v) is 15.7. The highest BCUT2D eigenvalue weighted by Gasteiger charge is 2.10. The minimum atomic E-state index is -0.161. The molecule has 0 radical (unpaired) electrons. The van der Waals surface area contributed by atoms with Crippen LogP contribution in [-0.2, 0) is 6.42 Å². The van der Waals surface area contributed by atoms with Crippen LogP contribution in [-0.4, -0.2) is 24.5 Å². The van der Waals surface area contributed by atoms with Crippen LogP contribution in [0.4, 0.5) is 4.39 Å². The van der Waals surface area contributed by atoms with Gasteiger partial charge < -0.3 is 4.90 Å². The van der Waals surface area contributed by atoms with Crippen molar-refractivity contribution in [2.45, 2.75) is 44.9 Å². The highest BCUT2D eigenvalue weighted by Crippen LogP contribution is 2.22. The molecule has 0 spiro atoms. The number of piperidine rings is 1. The Hall–Kier alpha value is -1.93. The van der Waals surface area contributed by atoms with Crippen molar-refractivity contribution in [2.75, 3.05) is 19.6 Å². The molecule has 1 heterocycles. The molecule has 1 aliphatic heterocycles. The fourth-order valence-corrected chi connectivity index (χ4v) is 3.76. The number of hydrogen-bond donors (Lipinski definition) is 0. The first-order valence-electron chi connectivity index (χ1n) is 10.0. The fourth-order valence-electron chi connectivity index (χ4n) is 3.76. The van der Waals surface area contributed by atoms with Crippen molar-refractivity contribution in [1.82, 2.24) is 4.90 Å². The molecule has 26 heavy (non-hydrogen) atoms. The summed E-state index contributed by atoms with van der Waals surface area (Å²) in [5.41, 5.74) is 3.89. The summed E-state index contributed by atoms with van der Waals surface area (Å²) in [4.78, 5) is 2.59. The van der Waals surface area contributed by atoms with E-state index < -0.39 is 0 Å². The number of allylic oxidation sites excluding steroid dienone is 2. The second-order valence-corrected chi connectivity index (χ2v) is 7.27. The van der Waals surface area contributed by atoms with Crippen LogP contribution >= 0.6 is 0 Å². The van der Waals surface area contributed by atoms with Gasteiger partial charge in [-0.05, 0) is 87.0 Å². The van der Waals surface area contributed by atoms with Crippen LogP contribution in [0.15, 0.2) is 60.7 Å². The number of aryl methyl sites for hydroxylation is 1. The third-order valence-corrected chi connectivity index (χ3v) is 5.25. The van der Waals surface area contributed by atoms with Crippen molar-refractivity contribution in [2.24, 2.45) is 0 Å². The molecule has 3 rings (SSSR count).